The van der Waals surface area contributed by atoms with Crippen molar-refractivity contribution in [2.24, 2.45) is 0 Å². The molecule has 23 heavy (non-hydrogen) atoms. The molecule has 0 amide bonds. The summed E-state index contributed by atoms with van der Waals surface area (Å²) in [5, 5.41) is 18.4. The fraction of sp³-hybridized carbons (Fsp3) is 0.222. The molecule has 0 spiro atoms. The van der Waals surface area contributed by atoms with E-state index in [9.17, 15) is 5.11 Å². The molecular formula is C18H19N3O2. The maximum absolute atomic E-state index is 10.2. The number of nitrogens with zero attached hydrogens (tertiary/aromatic N) is 3. The summed E-state index contributed by atoms with van der Waals surface area (Å²) in [6.07, 6.45) is 1.90. The van der Waals surface area contributed by atoms with Crippen LogP contribution in [0.1, 0.15) is 5.56 Å². The Hall–Kier alpha value is -2.66. The fourth-order valence-electron chi connectivity index (χ4n) is 2.46. The molecule has 0 fully saturated rings. The number of aromatic nitrogens is 3. The Balaban J connectivity index is 1.64. The minimum Gasteiger partial charge on any atom is -0.491 e. The van der Waals surface area contributed by atoms with Gasteiger partial charge in [-0.3, -0.25) is 0 Å². The van der Waals surface area contributed by atoms with E-state index in [0.717, 1.165) is 28.8 Å². The van der Waals surface area contributed by atoms with Crippen LogP contribution in [0.25, 0.3) is 11.0 Å². The summed E-state index contributed by atoms with van der Waals surface area (Å²) in [4.78, 5) is 0. The molecule has 1 aromatic heterocycles. The summed E-state index contributed by atoms with van der Waals surface area (Å²) >= 11 is 0. The smallest absolute Gasteiger partial charge is 0.122 e. The highest BCUT2D eigenvalue weighted by atomic mass is 16.5. The number of para-hydroxylation sites is 2. The van der Waals surface area contributed by atoms with Gasteiger partial charge in [0.2, 0.25) is 0 Å². The van der Waals surface area contributed by atoms with E-state index in [1.807, 2.05) is 54.6 Å². The van der Waals surface area contributed by atoms with Gasteiger partial charge in [0.15, 0.2) is 0 Å². The van der Waals surface area contributed by atoms with Gasteiger partial charge >= 0.3 is 0 Å². The molecule has 3 aromatic rings. The number of benzene rings is 2. The molecule has 2 aromatic carbocycles. The average molecular weight is 309 g/mol. The first-order valence-corrected chi connectivity index (χ1v) is 7.56. The highest BCUT2D eigenvalue weighted by molar-refractivity contribution is 5.73. The number of aliphatic hydroxyl groups excluding tert-OH is 1. The number of fused-ring (bicyclic) bond motifs is 1. The minimum atomic E-state index is -0.670. The van der Waals surface area contributed by atoms with E-state index in [2.05, 4.69) is 16.9 Å². The average Bonchev–Trinajstić information content (AvgIpc) is 2.98. The zero-order valence-corrected chi connectivity index (χ0v) is 12.8. The monoisotopic (exact) mass is 309 g/mol. The van der Waals surface area contributed by atoms with Crippen molar-refractivity contribution in [1.82, 2.24) is 15.0 Å². The normalized spacial score (nSPS) is 12.2. The van der Waals surface area contributed by atoms with Gasteiger partial charge in [-0.15, -0.1) is 11.7 Å². The molecule has 0 saturated carbocycles. The third-order valence-corrected chi connectivity index (χ3v) is 3.57. The van der Waals surface area contributed by atoms with E-state index >= 15 is 0 Å². The number of ether oxygens (including phenoxy) is 1. The standard InChI is InChI=1S/C18H19N3O2/c1-2-7-14-8-3-6-11-18(14)23-13-15(22)12-21-17-10-5-4-9-16(17)19-20-21/h2-6,8-11,15,22H,1,7,12-13H2/t15-/m0/s1. The Kier molecular flexibility index (Phi) is 4.68. The Labute approximate surface area is 134 Å². The van der Waals surface area contributed by atoms with Gasteiger partial charge in [-0.1, -0.05) is 41.6 Å². The van der Waals surface area contributed by atoms with Gasteiger partial charge in [0, 0.05) is 0 Å². The third-order valence-electron chi connectivity index (χ3n) is 3.57. The van der Waals surface area contributed by atoms with Gasteiger partial charge in [0.05, 0.1) is 12.1 Å². The molecule has 3 rings (SSSR count). The summed E-state index contributed by atoms with van der Waals surface area (Å²) in [6, 6.07) is 15.4. The van der Waals surface area contributed by atoms with Gasteiger partial charge in [-0.05, 0) is 30.2 Å². The molecule has 0 aliphatic rings. The second-order valence-corrected chi connectivity index (χ2v) is 5.33. The van der Waals surface area contributed by atoms with E-state index in [4.69, 9.17) is 4.74 Å². The summed E-state index contributed by atoms with van der Waals surface area (Å²) in [5.41, 5.74) is 2.77. The Morgan fingerprint density at radius 2 is 1.96 bits per heavy atom. The molecule has 1 heterocycles. The summed E-state index contributed by atoms with van der Waals surface area (Å²) in [7, 11) is 0. The molecule has 0 radical (unpaired) electrons. The second kappa shape index (κ2) is 7.07. The molecule has 5 heteroatoms. The molecule has 0 saturated heterocycles. The van der Waals surface area contributed by atoms with Crippen molar-refractivity contribution in [1.29, 1.82) is 0 Å². The highest BCUT2D eigenvalue weighted by Crippen LogP contribution is 2.19. The minimum absolute atomic E-state index is 0.197. The zero-order chi connectivity index (χ0) is 16.1. The van der Waals surface area contributed by atoms with Crippen LogP contribution in [-0.4, -0.2) is 32.8 Å². The van der Waals surface area contributed by atoms with Gasteiger partial charge in [0.1, 0.15) is 24.0 Å². The summed E-state index contributed by atoms with van der Waals surface area (Å²) in [5.74, 6) is 0.773. The molecule has 1 N–H and O–H groups in total. The molecule has 0 aliphatic heterocycles. The van der Waals surface area contributed by atoms with E-state index in [-0.39, 0.29) is 6.61 Å². The largest absolute Gasteiger partial charge is 0.491 e. The Bertz CT molecular complexity index is 798. The Morgan fingerprint density at radius 1 is 1.17 bits per heavy atom. The number of allylic oxidation sites excluding steroid dienone is 1. The maximum atomic E-state index is 10.2. The van der Waals surface area contributed by atoms with Crippen LogP contribution in [0, 0.1) is 0 Å². The molecular weight excluding hydrogens is 290 g/mol. The van der Waals surface area contributed by atoms with Crippen LogP contribution in [0.15, 0.2) is 61.2 Å². The maximum Gasteiger partial charge on any atom is 0.122 e. The van der Waals surface area contributed by atoms with Gasteiger partial charge < -0.3 is 9.84 Å². The van der Waals surface area contributed by atoms with Gasteiger partial charge in [-0.25, -0.2) is 4.68 Å². The third kappa shape index (κ3) is 3.57. The first-order valence-electron chi connectivity index (χ1n) is 7.56. The SMILES string of the molecule is C=CCc1ccccc1OC[C@@H](O)Cn1nnc2ccccc21. The summed E-state index contributed by atoms with van der Waals surface area (Å²) < 4.78 is 7.45. The number of rotatable bonds is 7. The predicted molar refractivity (Wildman–Crippen MR) is 89.4 cm³/mol. The van der Waals surface area contributed by atoms with Crippen molar-refractivity contribution in [3.8, 4) is 5.75 Å². The van der Waals surface area contributed by atoms with Crippen molar-refractivity contribution in [2.45, 2.75) is 19.1 Å². The van der Waals surface area contributed by atoms with Crippen LogP contribution in [0.3, 0.4) is 0 Å². The zero-order valence-electron chi connectivity index (χ0n) is 12.8. The molecule has 1 atom stereocenters. The molecule has 5 nitrogen and oxygen atoms in total. The number of hydrogen-bond acceptors (Lipinski definition) is 4. The topological polar surface area (TPSA) is 60.2 Å². The van der Waals surface area contributed by atoms with E-state index < -0.39 is 6.10 Å². The van der Waals surface area contributed by atoms with Crippen LogP contribution in [0.5, 0.6) is 5.75 Å². The lowest BCUT2D eigenvalue weighted by atomic mass is 10.1. The van der Waals surface area contributed by atoms with Crippen LogP contribution in [0.4, 0.5) is 0 Å². The van der Waals surface area contributed by atoms with Crippen molar-refractivity contribution in [3.63, 3.8) is 0 Å². The Morgan fingerprint density at radius 3 is 2.83 bits per heavy atom. The van der Waals surface area contributed by atoms with Crippen molar-refractivity contribution in [2.75, 3.05) is 6.61 Å². The summed E-state index contributed by atoms with van der Waals surface area (Å²) in [6.45, 7) is 4.28. The lowest BCUT2D eigenvalue weighted by molar-refractivity contribution is 0.0895. The number of hydrogen-bond donors (Lipinski definition) is 1. The van der Waals surface area contributed by atoms with E-state index in [0.29, 0.717) is 6.54 Å². The first kappa shape index (κ1) is 15.2. The van der Waals surface area contributed by atoms with Crippen molar-refractivity contribution >= 4 is 11.0 Å². The molecule has 0 aliphatic carbocycles. The van der Waals surface area contributed by atoms with Crippen LogP contribution in [-0.2, 0) is 13.0 Å². The lowest BCUT2D eigenvalue weighted by Crippen LogP contribution is -2.24. The fourth-order valence-corrected chi connectivity index (χ4v) is 2.46. The van der Waals surface area contributed by atoms with Crippen LogP contribution in [0.2, 0.25) is 0 Å². The quantitative estimate of drug-likeness (QED) is 0.682. The van der Waals surface area contributed by atoms with Gasteiger partial charge in [-0.2, -0.15) is 0 Å². The molecule has 0 bridgehead atoms. The number of aliphatic hydroxyl groups is 1. The van der Waals surface area contributed by atoms with Crippen LogP contribution >= 0.6 is 0 Å². The first-order chi connectivity index (χ1) is 11.3. The van der Waals surface area contributed by atoms with Crippen molar-refractivity contribution in [3.05, 3.63) is 66.7 Å². The molecule has 118 valence electrons. The van der Waals surface area contributed by atoms with E-state index in [1.165, 1.54) is 0 Å². The van der Waals surface area contributed by atoms with Gasteiger partial charge in [0.25, 0.3) is 0 Å². The van der Waals surface area contributed by atoms with E-state index in [1.54, 1.807) is 4.68 Å². The molecule has 0 unspecified atom stereocenters. The lowest BCUT2D eigenvalue weighted by Gasteiger charge is -2.14. The predicted octanol–water partition coefficient (Wildman–Crippen LogP) is 2.60. The second-order valence-electron chi connectivity index (χ2n) is 5.33. The van der Waals surface area contributed by atoms with Crippen LogP contribution < -0.4 is 4.74 Å². The highest BCUT2D eigenvalue weighted by Gasteiger charge is 2.11. The van der Waals surface area contributed by atoms with Crippen molar-refractivity contribution < 1.29 is 9.84 Å².